The van der Waals surface area contributed by atoms with Crippen LogP contribution in [-0.4, -0.2) is 52.4 Å². The van der Waals surface area contributed by atoms with Crippen LogP contribution in [0.1, 0.15) is 75.8 Å². The molecule has 1 aromatic rings. The minimum absolute atomic E-state index is 0. The highest BCUT2D eigenvalue weighted by Crippen LogP contribution is 2.14. The van der Waals surface area contributed by atoms with Crippen molar-refractivity contribution >= 4 is 25.9 Å². The normalized spacial score (nSPS) is 11.4. The molecule has 0 aliphatic rings. The highest BCUT2D eigenvalue weighted by Gasteiger charge is 2.25. The van der Waals surface area contributed by atoms with Gasteiger partial charge in [-0.1, -0.05) is 60.0 Å². The maximum atomic E-state index is 11.7. The molecule has 0 bridgehead atoms. The van der Waals surface area contributed by atoms with Gasteiger partial charge in [0.15, 0.2) is 0 Å². The molecule has 7 heteroatoms. The fourth-order valence-electron chi connectivity index (χ4n) is 2.27. The Morgan fingerprint density at radius 3 is 1.69 bits per heavy atom. The number of hydrogen-bond acceptors (Lipinski definition) is 6. The van der Waals surface area contributed by atoms with E-state index in [9.17, 15) is 14.4 Å². The van der Waals surface area contributed by atoms with E-state index < -0.39 is 5.92 Å². The number of benzene rings is 1. The molecule has 3 unspecified atom stereocenters. The van der Waals surface area contributed by atoms with Crippen molar-refractivity contribution < 1.29 is 28.6 Å². The lowest BCUT2D eigenvalue weighted by molar-refractivity contribution is -0.149. The van der Waals surface area contributed by atoms with E-state index in [1.807, 2.05) is 37.3 Å². The third kappa shape index (κ3) is 21.3. The summed E-state index contributed by atoms with van der Waals surface area (Å²) in [7, 11) is 3.13. The van der Waals surface area contributed by atoms with Gasteiger partial charge in [-0.3, -0.25) is 14.4 Å². The van der Waals surface area contributed by atoms with E-state index in [0.717, 1.165) is 5.56 Å². The van der Waals surface area contributed by atoms with Crippen molar-refractivity contribution in [2.75, 3.05) is 14.2 Å². The Morgan fingerprint density at radius 1 is 0.844 bits per heavy atom. The monoisotopic (exact) mass is 455 g/mol. The third-order valence-electron chi connectivity index (χ3n) is 4.07. The zero-order valence-corrected chi connectivity index (χ0v) is 17.8. The number of rotatable bonds is 10. The lowest BCUT2D eigenvalue weighted by atomic mass is 9.95. The number of ether oxygens (including phenoxy) is 3. The molecule has 0 aliphatic heterocycles. The molecule has 3 radical (unpaired) electrons. The van der Waals surface area contributed by atoms with Crippen LogP contribution in [0.25, 0.3) is 0 Å². The third-order valence-corrected chi connectivity index (χ3v) is 4.07. The van der Waals surface area contributed by atoms with Crippen LogP contribution in [-0.2, 0) is 35.2 Å². The first-order valence-corrected chi connectivity index (χ1v) is 8.96. The predicted octanol–water partition coefficient (Wildman–Crippen LogP) is 5.52. The van der Waals surface area contributed by atoms with Crippen LogP contribution in [0.4, 0.5) is 0 Å². The number of methoxy groups -OCH3 is 2. The van der Waals surface area contributed by atoms with Gasteiger partial charge < -0.3 is 14.2 Å². The second kappa shape index (κ2) is 25.3. The van der Waals surface area contributed by atoms with Crippen LogP contribution in [0.3, 0.4) is 0 Å². The molecule has 0 aliphatic carbocycles. The van der Waals surface area contributed by atoms with Crippen molar-refractivity contribution in [1.29, 1.82) is 0 Å². The molecular weight excluding hydrogens is 407 g/mol. The van der Waals surface area contributed by atoms with Crippen LogP contribution < -0.4 is 0 Å². The first-order chi connectivity index (χ1) is 12.7. The van der Waals surface area contributed by atoms with Gasteiger partial charge in [0.25, 0.3) is 0 Å². The summed E-state index contributed by atoms with van der Waals surface area (Å²) in [6, 6.07) is 9.43. The first kappa shape index (κ1) is 43.8. The zero-order valence-electron chi connectivity index (χ0n) is 17.8. The van der Waals surface area contributed by atoms with E-state index in [2.05, 4.69) is 0 Å². The van der Waals surface area contributed by atoms with Crippen molar-refractivity contribution in [1.82, 2.24) is 0 Å². The summed E-state index contributed by atoms with van der Waals surface area (Å²) in [4.78, 5) is 33.5. The van der Waals surface area contributed by atoms with Crippen LogP contribution in [0, 0.1) is 5.92 Å². The Bertz CT molecular complexity index is 577. The average molecular weight is 455 g/mol. The van der Waals surface area contributed by atoms with Crippen LogP contribution >= 0.6 is 0 Å². The second-order valence-electron chi connectivity index (χ2n) is 6.46. The first-order valence-electron chi connectivity index (χ1n) is 8.96. The quantitative estimate of drug-likeness (QED) is 0.341. The van der Waals surface area contributed by atoms with E-state index >= 15 is 0 Å². The largest absolute Gasteiger partial charge is 0.461 e. The van der Waals surface area contributed by atoms with Gasteiger partial charge in [-0.2, -0.15) is 0 Å². The van der Waals surface area contributed by atoms with Crippen LogP contribution in [0.2, 0.25) is 0 Å². The van der Waals surface area contributed by atoms with Gasteiger partial charge in [-0.25, -0.2) is 0 Å². The molecule has 0 aromatic heterocycles. The number of esters is 1. The molecule has 0 saturated heterocycles. The average Bonchev–Trinajstić information content (AvgIpc) is 2.64. The van der Waals surface area contributed by atoms with E-state index in [1.54, 1.807) is 21.0 Å². The minimum Gasteiger partial charge on any atom is -0.461 e. The molecule has 0 spiro atoms. The maximum absolute atomic E-state index is 11.7. The van der Waals surface area contributed by atoms with Gasteiger partial charge in [-0.05, 0) is 33.3 Å². The topological polar surface area (TPSA) is 78.9 Å². The van der Waals surface area contributed by atoms with Gasteiger partial charge in [0.05, 0.1) is 24.5 Å². The number of hydrogen-bond donors (Lipinski definition) is 0. The summed E-state index contributed by atoms with van der Waals surface area (Å²) in [5, 5.41) is 0. The summed E-state index contributed by atoms with van der Waals surface area (Å²) < 4.78 is 15.1. The summed E-state index contributed by atoms with van der Waals surface area (Å²) >= 11 is 0. The van der Waals surface area contributed by atoms with Gasteiger partial charge in [0.1, 0.15) is 18.2 Å². The summed E-state index contributed by atoms with van der Waals surface area (Å²) in [5.74, 6) is -0.716. The molecule has 1 aromatic carbocycles. The van der Waals surface area contributed by atoms with Crippen molar-refractivity contribution in [3.05, 3.63) is 35.9 Å². The van der Waals surface area contributed by atoms with Gasteiger partial charge in [0, 0.05) is 29.1 Å². The second-order valence-corrected chi connectivity index (χ2v) is 6.46. The van der Waals surface area contributed by atoms with E-state index in [-0.39, 0.29) is 80.9 Å². The molecule has 0 heterocycles. The Balaban J connectivity index is -0.000000114. The highest BCUT2D eigenvalue weighted by molar-refractivity contribution is 5.84. The molecule has 32 heavy (non-hydrogen) atoms. The van der Waals surface area contributed by atoms with Crippen molar-refractivity contribution in [3.8, 4) is 0 Å². The van der Waals surface area contributed by atoms with Gasteiger partial charge in [0.2, 0.25) is 0 Å². The molecule has 0 amide bonds. The standard InChI is InChI=1S/C15H20O4.C6H12O2.4CH4.B/c1-11(16)14(12(2)18-3)9-15(17)19-10-13-7-5-4-6-8-13;1-5(7)4-6(2)8-3;;;;;/h4-8,12,14H,9-10H2,1-3H3;6H,4H2,1-3H3;4*1H4;. The molecule has 0 saturated carbocycles. The van der Waals surface area contributed by atoms with E-state index in [4.69, 9.17) is 14.2 Å². The highest BCUT2D eigenvalue weighted by atomic mass is 16.5. The SMILES string of the molecule is C.C.C.C.COC(C)C(CC(=O)OCc1ccccc1)C(C)=O.COC(C)CC(C)=O.[B]. The lowest BCUT2D eigenvalue weighted by Gasteiger charge is -2.19. The molecule has 6 nitrogen and oxygen atoms in total. The molecule has 1 rings (SSSR count). The summed E-state index contributed by atoms with van der Waals surface area (Å²) in [5.41, 5.74) is 0.926. The van der Waals surface area contributed by atoms with Crippen molar-refractivity contribution in [2.24, 2.45) is 5.92 Å². The van der Waals surface area contributed by atoms with Crippen molar-refractivity contribution in [3.63, 3.8) is 0 Å². The smallest absolute Gasteiger partial charge is 0.306 e. The number of carbonyl (C=O) groups is 3. The Kier molecular flexibility index (Phi) is 34.6. The van der Waals surface area contributed by atoms with Gasteiger partial charge >= 0.3 is 5.97 Å². The Hall–Kier alpha value is -1.99. The fraction of sp³-hybridized carbons (Fsp3) is 0.640. The van der Waals surface area contributed by atoms with Crippen LogP contribution in [0.15, 0.2) is 30.3 Å². The van der Waals surface area contributed by atoms with Crippen LogP contribution in [0.5, 0.6) is 0 Å². The van der Waals surface area contributed by atoms with E-state index in [0.29, 0.717) is 6.42 Å². The summed E-state index contributed by atoms with van der Waals surface area (Å²) in [6.45, 7) is 6.91. The van der Waals surface area contributed by atoms with Gasteiger partial charge in [-0.15, -0.1) is 0 Å². The molecule has 0 fully saturated rings. The lowest BCUT2D eigenvalue weighted by Crippen LogP contribution is -2.29. The predicted molar refractivity (Wildman–Crippen MR) is 136 cm³/mol. The number of carbonyl (C=O) groups excluding carboxylic acids is 3. The molecule has 187 valence electrons. The molecular formula is C25H48BO6. The number of ketones is 2. The van der Waals surface area contributed by atoms with Crippen molar-refractivity contribution in [2.45, 2.75) is 89.1 Å². The fourth-order valence-corrected chi connectivity index (χ4v) is 2.27. The maximum Gasteiger partial charge on any atom is 0.306 e. The number of Topliss-reactive ketones (excluding diaryl/α,β-unsaturated/α-hetero) is 2. The van der Waals surface area contributed by atoms with E-state index in [1.165, 1.54) is 14.0 Å². The Morgan fingerprint density at radius 2 is 1.34 bits per heavy atom. The zero-order chi connectivity index (χ0) is 20.8. The summed E-state index contributed by atoms with van der Waals surface area (Å²) in [6.07, 6.45) is 0.363. The molecule has 3 atom stereocenters. The minimum atomic E-state index is -0.451. The Labute approximate surface area is 200 Å². The molecule has 0 N–H and O–H groups in total.